The van der Waals surface area contributed by atoms with Gasteiger partial charge < -0.3 is 5.32 Å². The minimum atomic E-state index is 0.492. The van der Waals surface area contributed by atoms with Crippen LogP contribution >= 0.6 is 0 Å². The van der Waals surface area contributed by atoms with Crippen LogP contribution in [0.2, 0.25) is 0 Å². The molecule has 0 amide bonds. The van der Waals surface area contributed by atoms with E-state index >= 15 is 0 Å². The number of hydrogen-bond acceptors (Lipinski definition) is 2. The van der Waals surface area contributed by atoms with Crippen molar-refractivity contribution in [2.45, 2.75) is 18.9 Å². The number of aromatic nitrogens is 1. The van der Waals surface area contributed by atoms with Gasteiger partial charge in [-0.05, 0) is 31.5 Å². The quantitative estimate of drug-likeness (QED) is 0.649. The summed E-state index contributed by atoms with van der Waals surface area (Å²) in [5, 5.41) is 3.26. The van der Waals surface area contributed by atoms with E-state index in [0.717, 1.165) is 0 Å². The lowest BCUT2D eigenvalue weighted by Gasteiger charge is -2.07. The van der Waals surface area contributed by atoms with E-state index in [0.29, 0.717) is 6.04 Å². The van der Waals surface area contributed by atoms with E-state index in [2.05, 4.69) is 16.4 Å². The summed E-state index contributed by atoms with van der Waals surface area (Å²) in [5.74, 6) is 0. The SMILES string of the molecule is CNC1CCc2cccnc21. The van der Waals surface area contributed by atoms with Gasteiger partial charge in [0, 0.05) is 12.2 Å². The van der Waals surface area contributed by atoms with Crippen LogP contribution in [-0.4, -0.2) is 12.0 Å². The van der Waals surface area contributed by atoms with Gasteiger partial charge in [0.1, 0.15) is 0 Å². The Morgan fingerprint density at radius 2 is 2.55 bits per heavy atom. The Morgan fingerprint density at radius 1 is 1.64 bits per heavy atom. The van der Waals surface area contributed by atoms with Gasteiger partial charge >= 0.3 is 0 Å². The number of rotatable bonds is 1. The number of nitrogens with zero attached hydrogens (tertiary/aromatic N) is 1. The molecule has 11 heavy (non-hydrogen) atoms. The fourth-order valence-electron chi connectivity index (χ4n) is 1.69. The summed E-state index contributed by atoms with van der Waals surface area (Å²) >= 11 is 0. The van der Waals surface area contributed by atoms with Crippen molar-refractivity contribution in [1.82, 2.24) is 10.3 Å². The lowest BCUT2D eigenvalue weighted by Crippen LogP contribution is -2.13. The maximum atomic E-state index is 4.35. The van der Waals surface area contributed by atoms with E-state index in [4.69, 9.17) is 0 Å². The molecule has 2 rings (SSSR count). The predicted octanol–water partition coefficient (Wildman–Crippen LogP) is 1.29. The second kappa shape index (κ2) is 2.62. The molecule has 1 atom stereocenters. The van der Waals surface area contributed by atoms with Crippen molar-refractivity contribution in [3.63, 3.8) is 0 Å². The molecule has 0 aliphatic heterocycles. The minimum Gasteiger partial charge on any atom is -0.312 e. The molecular weight excluding hydrogens is 136 g/mol. The number of aryl methyl sites for hydroxylation is 1. The van der Waals surface area contributed by atoms with Crippen molar-refractivity contribution in [1.29, 1.82) is 0 Å². The van der Waals surface area contributed by atoms with E-state index in [1.165, 1.54) is 24.1 Å². The summed E-state index contributed by atoms with van der Waals surface area (Å²) in [6, 6.07) is 4.67. The fraction of sp³-hybridized carbons (Fsp3) is 0.444. The first-order chi connectivity index (χ1) is 5.42. The lowest BCUT2D eigenvalue weighted by atomic mass is 10.2. The molecule has 0 saturated carbocycles. The summed E-state index contributed by atoms with van der Waals surface area (Å²) in [4.78, 5) is 4.35. The second-order valence-corrected chi connectivity index (χ2v) is 2.93. The van der Waals surface area contributed by atoms with Gasteiger partial charge in [-0.25, -0.2) is 0 Å². The van der Waals surface area contributed by atoms with Crippen molar-refractivity contribution >= 4 is 0 Å². The van der Waals surface area contributed by atoms with Crippen molar-refractivity contribution in [2.75, 3.05) is 7.05 Å². The summed E-state index contributed by atoms with van der Waals surface area (Å²) in [5.41, 5.74) is 2.65. The highest BCUT2D eigenvalue weighted by Gasteiger charge is 2.20. The van der Waals surface area contributed by atoms with Gasteiger partial charge in [0.15, 0.2) is 0 Å². The molecule has 1 aliphatic rings. The van der Waals surface area contributed by atoms with Crippen molar-refractivity contribution in [3.05, 3.63) is 29.6 Å². The van der Waals surface area contributed by atoms with Crippen LogP contribution in [0.4, 0.5) is 0 Å². The van der Waals surface area contributed by atoms with E-state index in [-0.39, 0.29) is 0 Å². The van der Waals surface area contributed by atoms with Gasteiger partial charge in [-0.3, -0.25) is 4.98 Å². The topological polar surface area (TPSA) is 24.9 Å². The van der Waals surface area contributed by atoms with Gasteiger partial charge in [-0.15, -0.1) is 0 Å². The molecule has 0 radical (unpaired) electrons. The zero-order valence-electron chi connectivity index (χ0n) is 6.67. The molecule has 1 N–H and O–H groups in total. The van der Waals surface area contributed by atoms with Crippen LogP contribution in [-0.2, 0) is 6.42 Å². The number of pyridine rings is 1. The van der Waals surface area contributed by atoms with Crippen molar-refractivity contribution in [2.24, 2.45) is 0 Å². The Hall–Kier alpha value is -0.890. The van der Waals surface area contributed by atoms with E-state index in [1.807, 2.05) is 19.3 Å². The molecule has 1 aromatic heterocycles. The normalized spacial score (nSPS) is 21.7. The molecule has 2 heteroatoms. The first-order valence-corrected chi connectivity index (χ1v) is 4.03. The summed E-state index contributed by atoms with van der Waals surface area (Å²) in [6.07, 6.45) is 4.24. The number of hydrogen-bond donors (Lipinski definition) is 1. The first-order valence-electron chi connectivity index (χ1n) is 4.03. The fourth-order valence-corrected chi connectivity index (χ4v) is 1.69. The predicted molar refractivity (Wildman–Crippen MR) is 44.4 cm³/mol. The standard InChI is InChI=1S/C9H12N2/c1-10-8-5-4-7-3-2-6-11-9(7)8/h2-3,6,8,10H,4-5H2,1H3. The average Bonchev–Trinajstić information content (AvgIpc) is 2.47. The summed E-state index contributed by atoms with van der Waals surface area (Å²) in [6.45, 7) is 0. The molecule has 0 spiro atoms. The minimum absolute atomic E-state index is 0.492. The molecule has 1 aromatic rings. The maximum absolute atomic E-state index is 4.35. The van der Waals surface area contributed by atoms with E-state index < -0.39 is 0 Å². The molecule has 0 fully saturated rings. The zero-order chi connectivity index (χ0) is 7.68. The van der Waals surface area contributed by atoms with Crippen LogP contribution in [0.15, 0.2) is 18.3 Å². The highest BCUT2D eigenvalue weighted by molar-refractivity contribution is 5.27. The Labute approximate surface area is 66.7 Å². The highest BCUT2D eigenvalue weighted by Crippen LogP contribution is 2.27. The molecule has 0 aromatic carbocycles. The molecule has 1 aliphatic carbocycles. The molecular formula is C9H12N2. The van der Waals surface area contributed by atoms with Crippen molar-refractivity contribution in [3.8, 4) is 0 Å². The van der Waals surface area contributed by atoms with Gasteiger partial charge in [-0.1, -0.05) is 6.07 Å². The van der Waals surface area contributed by atoms with Crippen LogP contribution in [0, 0.1) is 0 Å². The van der Waals surface area contributed by atoms with Crippen LogP contribution in [0.5, 0.6) is 0 Å². The number of fused-ring (bicyclic) bond motifs is 1. The van der Waals surface area contributed by atoms with Crippen molar-refractivity contribution < 1.29 is 0 Å². The zero-order valence-corrected chi connectivity index (χ0v) is 6.67. The Kier molecular flexibility index (Phi) is 1.62. The third-order valence-electron chi connectivity index (χ3n) is 2.31. The smallest absolute Gasteiger partial charge is 0.0605 e. The molecule has 58 valence electrons. The maximum Gasteiger partial charge on any atom is 0.0605 e. The average molecular weight is 148 g/mol. The molecule has 2 nitrogen and oxygen atoms in total. The van der Waals surface area contributed by atoms with E-state index in [9.17, 15) is 0 Å². The molecule has 0 bridgehead atoms. The van der Waals surface area contributed by atoms with Crippen LogP contribution in [0.3, 0.4) is 0 Å². The third-order valence-corrected chi connectivity index (χ3v) is 2.31. The van der Waals surface area contributed by atoms with Gasteiger partial charge in [0.2, 0.25) is 0 Å². The lowest BCUT2D eigenvalue weighted by molar-refractivity contribution is 0.579. The second-order valence-electron chi connectivity index (χ2n) is 2.93. The Morgan fingerprint density at radius 3 is 3.36 bits per heavy atom. The Balaban J connectivity index is 2.39. The largest absolute Gasteiger partial charge is 0.312 e. The molecule has 1 heterocycles. The monoisotopic (exact) mass is 148 g/mol. The third kappa shape index (κ3) is 1.03. The summed E-state index contributed by atoms with van der Waals surface area (Å²) in [7, 11) is 1.99. The first kappa shape index (κ1) is 6.80. The van der Waals surface area contributed by atoms with E-state index in [1.54, 1.807) is 0 Å². The molecule has 0 saturated heterocycles. The summed E-state index contributed by atoms with van der Waals surface area (Å²) < 4.78 is 0. The van der Waals surface area contributed by atoms with Crippen LogP contribution < -0.4 is 5.32 Å². The highest BCUT2D eigenvalue weighted by atomic mass is 14.9. The molecule has 1 unspecified atom stereocenters. The van der Waals surface area contributed by atoms with Gasteiger partial charge in [0.05, 0.1) is 5.69 Å². The van der Waals surface area contributed by atoms with Crippen LogP contribution in [0.25, 0.3) is 0 Å². The van der Waals surface area contributed by atoms with Gasteiger partial charge in [0.25, 0.3) is 0 Å². The van der Waals surface area contributed by atoms with Crippen LogP contribution in [0.1, 0.15) is 23.7 Å². The number of nitrogens with one attached hydrogen (secondary N) is 1. The Bertz CT molecular complexity index is 257. The van der Waals surface area contributed by atoms with Gasteiger partial charge in [-0.2, -0.15) is 0 Å².